The van der Waals surface area contributed by atoms with Crippen molar-refractivity contribution in [3.05, 3.63) is 23.8 Å². The monoisotopic (exact) mass is 724 g/mol. The van der Waals surface area contributed by atoms with Gasteiger partial charge in [-0.05, 0) is 105 Å². The number of amides is 1. The highest BCUT2D eigenvalue weighted by atomic mass is 16.5. The van der Waals surface area contributed by atoms with E-state index in [1.54, 1.807) is 0 Å². The van der Waals surface area contributed by atoms with Crippen LogP contribution in [-0.4, -0.2) is 76.8 Å². The Hall–Kier alpha value is -2.30. The maximum Gasteiger partial charge on any atom is 0.307 e. The van der Waals surface area contributed by atoms with Crippen LogP contribution >= 0.6 is 0 Å². The maximum atomic E-state index is 13.5. The van der Waals surface area contributed by atoms with Crippen LogP contribution in [0.2, 0.25) is 0 Å². The van der Waals surface area contributed by atoms with Gasteiger partial charge in [0.05, 0.1) is 37.9 Å². The third-order valence-electron chi connectivity index (χ3n) is 16.9. The Morgan fingerprint density at radius 3 is 2.42 bits per heavy atom. The molecule has 1 aromatic rings. The van der Waals surface area contributed by atoms with Crippen molar-refractivity contribution in [1.29, 1.82) is 0 Å². The summed E-state index contributed by atoms with van der Waals surface area (Å²) in [5.74, 6) is 0.602. The van der Waals surface area contributed by atoms with Gasteiger partial charge >= 0.3 is 5.97 Å². The Bertz CT molecular complexity index is 1560. The first-order chi connectivity index (χ1) is 24.3. The summed E-state index contributed by atoms with van der Waals surface area (Å²) in [4.78, 5) is 31.5. The Morgan fingerprint density at radius 1 is 1.10 bits per heavy atom. The van der Waals surface area contributed by atoms with Crippen molar-refractivity contribution in [2.24, 2.45) is 62.6 Å². The van der Waals surface area contributed by atoms with Gasteiger partial charge in [0, 0.05) is 22.9 Å². The van der Waals surface area contributed by atoms with Gasteiger partial charge in [0.25, 0.3) is 5.91 Å². The summed E-state index contributed by atoms with van der Waals surface area (Å²) in [7, 11) is 2.00. The second kappa shape index (κ2) is 13.5. The highest BCUT2D eigenvalue weighted by molar-refractivity contribution is 5.90. The quantitative estimate of drug-likeness (QED) is 0.205. The van der Waals surface area contributed by atoms with E-state index in [0.29, 0.717) is 55.9 Å². The van der Waals surface area contributed by atoms with Gasteiger partial charge in [-0.2, -0.15) is 5.10 Å². The summed E-state index contributed by atoms with van der Waals surface area (Å²) < 4.78 is 15.8. The SMILES string of the molecule is CCNC(=O)c1ncnn1[C@@H]1CC23COC[C@@](C)([C@@H]2CC[C@H]2C3=CC[C@@]3(C)[C@H](C(=O)O)[C@@](C)([C@H](C)C(C)C)CC[C@]23C)[C@H]1OC[C@](C)(NC)C(C)C. The number of carbonyl (C=O) groups excluding carboxylic acids is 1. The molecule has 4 aliphatic carbocycles. The molecule has 292 valence electrons. The van der Waals surface area contributed by atoms with Crippen LogP contribution < -0.4 is 10.6 Å². The molecule has 1 saturated heterocycles. The van der Waals surface area contributed by atoms with Crippen molar-refractivity contribution in [3.63, 3.8) is 0 Å². The van der Waals surface area contributed by atoms with Gasteiger partial charge in [0.2, 0.25) is 5.82 Å². The molecule has 10 nitrogen and oxygen atoms in total. The first-order valence-electron chi connectivity index (χ1n) is 20.3. The van der Waals surface area contributed by atoms with E-state index >= 15 is 0 Å². The van der Waals surface area contributed by atoms with Crippen LogP contribution in [0, 0.1) is 62.6 Å². The molecule has 3 N–H and O–H groups in total. The van der Waals surface area contributed by atoms with Crippen molar-refractivity contribution in [3.8, 4) is 0 Å². The smallest absolute Gasteiger partial charge is 0.307 e. The molecule has 0 aromatic carbocycles. The van der Waals surface area contributed by atoms with Gasteiger partial charge in [0.15, 0.2) is 0 Å². The van der Waals surface area contributed by atoms with E-state index in [1.807, 2.05) is 18.7 Å². The molecule has 5 aliphatic rings. The van der Waals surface area contributed by atoms with Crippen LogP contribution in [0.1, 0.15) is 131 Å². The van der Waals surface area contributed by atoms with Gasteiger partial charge in [-0.15, -0.1) is 0 Å². The van der Waals surface area contributed by atoms with E-state index in [4.69, 9.17) is 14.6 Å². The summed E-state index contributed by atoms with van der Waals surface area (Å²) >= 11 is 0. The minimum Gasteiger partial charge on any atom is -0.481 e. The Labute approximate surface area is 313 Å². The number of aromatic nitrogens is 3. The van der Waals surface area contributed by atoms with Crippen LogP contribution in [0.25, 0.3) is 0 Å². The molecule has 2 heterocycles. The van der Waals surface area contributed by atoms with Crippen molar-refractivity contribution < 1.29 is 24.2 Å². The normalized spacial score (nSPS) is 41.7. The third-order valence-corrected chi connectivity index (χ3v) is 16.9. The topological polar surface area (TPSA) is 128 Å². The van der Waals surface area contributed by atoms with Crippen molar-refractivity contribution >= 4 is 11.9 Å². The highest BCUT2D eigenvalue weighted by Crippen LogP contribution is 2.75. The highest BCUT2D eigenvalue weighted by Gasteiger charge is 2.72. The number of nitrogens with zero attached hydrogens (tertiary/aromatic N) is 3. The lowest BCUT2D eigenvalue weighted by molar-refractivity contribution is -0.253. The molecule has 3 saturated carbocycles. The van der Waals surface area contributed by atoms with E-state index < -0.39 is 17.3 Å². The van der Waals surface area contributed by atoms with Crippen LogP contribution in [0.4, 0.5) is 0 Å². The summed E-state index contributed by atoms with van der Waals surface area (Å²) in [6.45, 7) is 26.9. The Kier molecular flexibility index (Phi) is 10.2. The standard InChI is InChI=1S/C42H69N5O5/c1-13-44-35(48)34-45-24-46-47(34)30-20-42-23-51-21-38(8,33(30)52-22-41(11,43-12)26(4)5)31(42)15-14-28-29(42)16-17-40(10)32(36(49)50)37(7,27(6)25(2)3)18-19-39(28,40)9/h16,24-28,30-33,43H,13-15,17-23H2,1-12H3,(H,44,48)(H,49,50)/t27-,28+,30-,31+,32-,33+,37-,38+,39-,40+,41+,42?/m1/s1. The molecule has 12 atom stereocenters. The van der Waals surface area contributed by atoms with Crippen molar-refractivity contribution in [1.82, 2.24) is 25.4 Å². The average molecular weight is 724 g/mol. The zero-order valence-electron chi connectivity index (χ0n) is 34.3. The first-order valence-corrected chi connectivity index (χ1v) is 20.3. The predicted molar refractivity (Wildman–Crippen MR) is 203 cm³/mol. The average Bonchev–Trinajstić information content (AvgIpc) is 3.57. The Morgan fingerprint density at radius 2 is 1.81 bits per heavy atom. The fourth-order valence-corrected chi connectivity index (χ4v) is 12.8. The summed E-state index contributed by atoms with van der Waals surface area (Å²) in [6, 6.07) is -0.243. The second-order valence-corrected chi connectivity index (χ2v) is 19.6. The molecule has 1 aromatic heterocycles. The molecule has 52 heavy (non-hydrogen) atoms. The number of hydrogen-bond donors (Lipinski definition) is 3. The molecule has 0 spiro atoms. The number of aliphatic carboxylic acids is 1. The van der Waals surface area contributed by atoms with E-state index in [9.17, 15) is 14.7 Å². The Balaban J connectivity index is 1.48. The minimum atomic E-state index is -0.641. The molecule has 6 rings (SSSR count). The number of carboxylic acids is 1. The zero-order valence-corrected chi connectivity index (χ0v) is 34.3. The molecular weight excluding hydrogens is 654 g/mol. The summed E-state index contributed by atoms with van der Waals surface area (Å²) in [6.07, 6.45) is 9.19. The van der Waals surface area contributed by atoms with Crippen LogP contribution in [0.3, 0.4) is 0 Å². The van der Waals surface area contributed by atoms with E-state index in [-0.39, 0.29) is 51.2 Å². The summed E-state index contributed by atoms with van der Waals surface area (Å²) in [5.41, 5.74) is -0.292. The minimum absolute atomic E-state index is 0.182. The molecule has 4 fully saturated rings. The molecule has 1 unspecified atom stereocenters. The fourth-order valence-electron chi connectivity index (χ4n) is 12.8. The third kappa shape index (κ3) is 5.49. The second-order valence-electron chi connectivity index (χ2n) is 19.6. The van der Waals surface area contributed by atoms with Gasteiger partial charge < -0.3 is 25.2 Å². The molecule has 1 amide bonds. The van der Waals surface area contributed by atoms with Gasteiger partial charge in [0.1, 0.15) is 6.33 Å². The lowest BCUT2D eigenvalue weighted by Crippen LogP contribution is -2.69. The van der Waals surface area contributed by atoms with E-state index in [2.05, 4.69) is 90.9 Å². The largest absolute Gasteiger partial charge is 0.481 e. The number of rotatable bonds is 11. The lowest BCUT2D eigenvalue weighted by Gasteiger charge is -2.71. The van der Waals surface area contributed by atoms with Crippen LogP contribution in [0.15, 0.2) is 18.0 Å². The maximum absolute atomic E-state index is 13.5. The number of hydrogen-bond acceptors (Lipinski definition) is 7. The lowest BCUT2D eigenvalue weighted by atomic mass is 9.34. The number of allylic oxidation sites excluding steroid dienone is 1. The summed E-state index contributed by atoms with van der Waals surface area (Å²) in [5, 5.41) is 22.4. The molecule has 0 radical (unpaired) electrons. The number of carbonyl (C=O) groups is 2. The number of fused-ring (bicyclic) bond motifs is 3. The fraction of sp³-hybridized carbons (Fsp3) is 0.857. The van der Waals surface area contributed by atoms with Crippen LogP contribution in [-0.2, 0) is 14.3 Å². The predicted octanol–water partition coefficient (Wildman–Crippen LogP) is 7.18. The van der Waals surface area contributed by atoms with Gasteiger partial charge in [-0.3, -0.25) is 9.59 Å². The van der Waals surface area contributed by atoms with Gasteiger partial charge in [-0.1, -0.05) is 74.0 Å². The number of nitrogens with one attached hydrogen (secondary N) is 2. The molecule has 2 bridgehead atoms. The van der Waals surface area contributed by atoms with E-state index in [0.717, 1.165) is 38.5 Å². The number of ether oxygens (including phenoxy) is 2. The number of carboxylic acid groups (broad SMARTS) is 1. The van der Waals surface area contributed by atoms with Crippen molar-refractivity contribution in [2.45, 2.75) is 132 Å². The van der Waals surface area contributed by atoms with Crippen molar-refractivity contribution in [2.75, 3.05) is 33.4 Å². The van der Waals surface area contributed by atoms with E-state index in [1.165, 1.54) is 11.9 Å². The molecule has 10 heteroatoms. The van der Waals surface area contributed by atoms with Crippen LogP contribution in [0.5, 0.6) is 0 Å². The molecular formula is C42H69N5O5. The first kappa shape index (κ1) is 39.4. The number of likely N-dealkylation sites (N-methyl/N-ethyl adjacent to an activating group) is 1. The van der Waals surface area contributed by atoms with Gasteiger partial charge in [-0.25, -0.2) is 9.67 Å². The zero-order chi connectivity index (χ0) is 38.2. The molecule has 1 aliphatic heterocycles.